The maximum Gasteiger partial charge on any atom is 0.273 e. The standard InChI is InChI=1S/C16H17Cl2N3O2/c1-2-21-15(13(18)9-19-21)16(22)20-7-8-23-14(10-20)11-3-5-12(17)6-4-11/h3-6,9,14H,2,7-8,10H2,1H3/t14-/m1/s1. The van der Waals surface area contributed by atoms with Crippen molar-refractivity contribution in [2.24, 2.45) is 0 Å². The summed E-state index contributed by atoms with van der Waals surface area (Å²) in [4.78, 5) is 14.6. The van der Waals surface area contributed by atoms with Gasteiger partial charge >= 0.3 is 0 Å². The number of carbonyl (C=O) groups is 1. The van der Waals surface area contributed by atoms with Gasteiger partial charge in [-0.3, -0.25) is 9.48 Å². The van der Waals surface area contributed by atoms with Gasteiger partial charge < -0.3 is 9.64 Å². The van der Waals surface area contributed by atoms with Crippen LogP contribution in [0.25, 0.3) is 0 Å². The zero-order valence-electron chi connectivity index (χ0n) is 12.7. The van der Waals surface area contributed by atoms with Crippen LogP contribution >= 0.6 is 23.2 Å². The van der Waals surface area contributed by atoms with E-state index in [9.17, 15) is 4.79 Å². The third-order valence-electron chi connectivity index (χ3n) is 3.89. The minimum Gasteiger partial charge on any atom is -0.370 e. The van der Waals surface area contributed by atoms with Crippen molar-refractivity contribution in [1.29, 1.82) is 0 Å². The first-order valence-electron chi connectivity index (χ1n) is 7.47. The molecule has 5 nitrogen and oxygen atoms in total. The summed E-state index contributed by atoms with van der Waals surface area (Å²) in [6, 6.07) is 7.49. The Morgan fingerprint density at radius 1 is 1.35 bits per heavy atom. The number of hydrogen-bond donors (Lipinski definition) is 0. The predicted molar refractivity (Wildman–Crippen MR) is 89.0 cm³/mol. The van der Waals surface area contributed by atoms with Gasteiger partial charge in [0, 0.05) is 18.1 Å². The molecule has 1 aliphatic rings. The number of carbonyl (C=O) groups excluding carboxylic acids is 1. The Balaban J connectivity index is 1.79. The molecular formula is C16H17Cl2N3O2. The highest BCUT2D eigenvalue weighted by atomic mass is 35.5. The molecule has 23 heavy (non-hydrogen) atoms. The topological polar surface area (TPSA) is 47.4 Å². The van der Waals surface area contributed by atoms with Crippen molar-refractivity contribution in [3.8, 4) is 0 Å². The van der Waals surface area contributed by atoms with E-state index in [2.05, 4.69) is 5.10 Å². The Morgan fingerprint density at radius 2 is 2.09 bits per heavy atom. The summed E-state index contributed by atoms with van der Waals surface area (Å²) in [5.74, 6) is -0.114. The van der Waals surface area contributed by atoms with Crippen LogP contribution < -0.4 is 0 Å². The molecule has 1 aliphatic heterocycles. The largest absolute Gasteiger partial charge is 0.370 e. The van der Waals surface area contributed by atoms with Crippen molar-refractivity contribution in [2.75, 3.05) is 19.7 Å². The first-order valence-corrected chi connectivity index (χ1v) is 8.23. The average Bonchev–Trinajstić information content (AvgIpc) is 2.95. The second-order valence-electron chi connectivity index (χ2n) is 5.32. The van der Waals surface area contributed by atoms with E-state index in [0.717, 1.165) is 5.56 Å². The fourth-order valence-electron chi connectivity index (χ4n) is 2.68. The fourth-order valence-corrected chi connectivity index (χ4v) is 3.03. The molecule has 1 fully saturated rings. The van der Waals surface area contributed by atoms with E-state index in [1.165, 1.54) is 6.20 Å². The Kier molecular flexibility index (Phi) is 4.90. The predicted octanol–water partition coefficient (Wildman–Crippen LogP) is 3.42. The fraction of sp³-hybridized carbons (Fsp3) is 0.375. The van der Waals surface area contributed by atoms with Crippen LogP contribution in [-0.4, -0.2) is 40.3 Å². The molecule has 2 aromatic rings. The van der Waals surface area contributed by atoms with Crippen LogP contribution in [0.15, 0.2) is 30.5 Å². The lowest BCUT2D eigenvalue weighted by atomic mass is 10.1. The van der Waals surface area contributed by atoms with Crippen LogP contribution in [-0.2, 0) is 11.3 Å². The van der Waals surface area contributed by atoms with Gasteiger partial charge in [-0.05, 0) is 24.6 Å². The summed E-state index contributed by atoms with van der Waals surface area (Å²) in [6.45, 7) is 4.02. The number of benzene rings is 1. The molecule has 1 atom stereocenters. The van der Waals surface area contributed by atoms with Gasteiger partial charge in [0.05, 0.1) is 24.4 Å². The van der Waals surface area contributed by atoms with Crippen LogP contribution in [0.4, 0.5) is 0 Å². The molecule has 1 saturated heterocycles. The molecule has 122 valence electrons. The Hall–Kier alpha value is -1.56. The summed E-state index contributed by atoms with van der Waals surface area (Å²) in [5.41, 5.74) is 1.44. The summed E-state index contributed by atoms with van der Waals surface area (Å²) in [7, 11) is 0. The van der Waals surface area contributed by atoms with Crippen LogP contribution in [0.2, 0.25) is 10.0 Å². The molecule has 0 bridgehead atoms. The maximum atomic E-state index is 12.8. The molecule has 1 amide bonds. The van der Waals surface area contributed by atoms with Gasteiger partial charge in [0.15, 0.2) is 0 Å². The number of aromatic nitrogens is 2. The van der Waals surface area contributed by atoms with Crippen molar-refractivity contribution in [3.63, 3.8) is 0 Å². The highest BCUT2D eigenvalue weighted by Gasteiger charge is 2.29. The highest BCUT2D eigenvalue weighted by molar-refractivity contribution is 6.33. The first kappa shape index (κ1) is 16.3. The van der Waals surface area contributed by atoms with E-state index in [4.69, 9.17) is 27.9 Å². The number of rotatable bonds is 3. The monoisotopic (exact) mass is 353 g/mol. The van der Waals surface area contributed by atoms with Crippen LogP contribution in [0.1, 0.15) is 29.1 Å². The van der Waals surface area contributed by atoms with Crippen molar-refractivity contribution in [1.82, 2.24) is 14.7 Å². The molecular weight excluding hydrogens is 337 g/mol. The summed E-state index contributed by atoms with van der Waals surface area (Å²) in [6.07, 6.45) is 1.34. The number of amides is 1. The van der Waals surface area contributed by atoms with Gasteiger partial charge in [-0.15, -0.1) is 0 Å². The Morgan fingerprint density at radius 3 is 2.78 bits per heavy atom. The van der Waals surface area contributed by atoms with Crippen LogP contribution in [0, 0.1) is 0 Å². The number of hydrogen-bond acceptors (Lipinski definition) is 3. The minimum absolute atomic E-state index is 0.114. The lowest BCUT2D eigenvalue weighted by Crippen LogP contribution is -2.43. The Labute approximate surface area is 144 Å². The molecule has 0 aliphatic carbocycles. The number of morpholine rings is 1. The van der Waals surface area contributed by atoms with E-state index >= 15 is 0 Å². The summed E-state index contributed by atoms with van der Waals surface area (Å²) < 4.78 is 7.42. The van der Waals surface area contributed by atoms with Crippen LogP contribution in [0.3, 0.4) is 0 Å². The molecule has 7 heteroatoms. The molecule has 2 heterocycles. The molecule has 1 aromatic heterocycles. The van der Waals surface area contributed by atoms with E-state index in [-0.39, 0.29) is 12.0 Å². The van der Waals surface area contributed by atoms with Crippen molar-refractivity contribution >= 4 is 29.1 Å². The van der Waals surface area contributed by atoms with Gasteiger partial charge in [-0.2, -0.15) is 5.10 Å². The van der Waals surface area contributed by atoms with E-state index in [0.29, 0.717) is 42.0 Å². The molecule has 0 N–H and O–H groups in total. The number of aryl methyl sites for hydroxylation is 1. The first-order chi connectivity index (χ1) is 11.1. The van der Waals surface area contributed by atoms with E-state index in [1.807, 2.05) is 31.2 Å². The summed E-state index contributed by atoms with van der Waals surface area (Å²) >= 11 is 12.1. The Bertz CT molecular complexity index is 700. The lowest BCUT2D eigenvalue weighted by molar-refractivity contribution is -0.0232. The van der Waals surface area contributed by atoms with E-state index < -0.39 is 0 Å². The maximum absolute atomic E-state index is 12.8. The highest BCUT2D eigenvalue weighted by Crippen LogP contribution is 2.26. The normalized spacial score (nSPS) is 18.2. The van der Waals surface area contributed by atoms with Crippen molar-refractivity contribution < 1.29 is 9.53 Å². The zero-order chi connectivity index (χ0) is 16.4. The quantitative estimate of drug-likeness (QED) is 0.849. The average molecular weight is 354 g/mol. The second kappa shape index (κ2) is 6.91. The molecule has 3 rings (SSSR count). The second-order valence-corrected chi connectivity index (χ2v) is 6.16. The number of nitrogens with zero attached hydrogens (tertiary/aromatic N) is 3. The minimum atomic E-state index is -0.165. The molecule has 0 saturated carbocycles. The third-order valence-corrected chi connectivity index (χ3v) is 4.42. The smallest absolute Gasteiger partial charge is 0.273 e. The van der Waals surface area contributed by atoms with Crippen molar-refractivity contribution in [3.05, 3.63) is 51.8 Å². The van der Waals surface area contributed by atoms with Gasteiger partial charge in [-0.1, -0.05) is 35.3 Å². The lowest BCUT2D eigenvalue weighted by Gasteiger charge is -2.33. The number of ether oxygens (including phenoxy) is 1. The molecule has 0 unspecified atom stereocenters. The van der Waals surface area contributed by atoms with Crippen LogP contribution in [0.5, 0.6) is 0 Å². The van der Waals surface area contributed by atoms with Gasteiger partial charge in [0.2, 0.25) is 0 Å². The molecule has 1 aromatic carbocycles. The molecule has 0 spiro atoms. The summed E-state index contributed by atoms with van der Waals surface area (Å²) in [5, 5.41) is 5.19. The van der Waals surface area contributed by atoms with Crippen molar-refractivity contribution in [2.45, 2.75) is 19.6 Å². The van der Waals surface area contributed by atoms with E-state index in [1.54, 1.807) is 9.58 Å². The molecule has 0 radical (unpaired) electrons. The van der Waals surface area contributed by atoms with Gasteiger partial charge in [0.25, 0.3) is 5.91 Å². The van der Waals surface area contributed by atoms with Gasteiger partial charge in [-0.25, -0.2) is 0 Å². The number of halogens is 2. The SMILES string of the molecule is CCn1ncc(Cl)c1C(=O)N1CCO[C@@H](c2ccc(Cl)cc2)C1. The zero-order valence-corrected chi connectivity index (χ0v) is 14.2. The third kappa shape index (κ3) is 3.37. The van der Waals surface area contributed by atoms with Gasteiger partial charge in [0.1, 0.15) is 11.8 Å².